The second-order valence-electron chi connectivity index (χ2n) is 5.37. The van der Waals surface area contributed by atoms with E-state index in [4.69, 9.17) is 23.2 Å². The van der Waals surface area contributed by atoms with E-state index in [0.717, 1.165) is 0 Å². The van der Waals surface area contributed by atoms with Gasteiger partial charge in [0.05, 0.1) is 21.3 Å². The number of amides is 2. The predicted octanol–water partition coefficient (Wildman–Crippen LogP) is 3.17. The van der Waals surface area contributed by atoms with E-state index in [9.17, 15) is 18.0 Å². The summed E-state index contributed by atoms with van der Waals surface area (Å²) in [5, 5.41) is 2.87. The maximum atomic E-state index is 12.6. The van der Waals surface area contributed by atoms with Gasteiger partial charge in [0.15, 0.2) is 0 Å². The molecule has 25 heavy (non-hydrogen) atoms. The number of carbonyl (C=O) groups is 2. The number of sulfonamides is 1. The molecule has 1 heterocycles. The monoisotopic (exact) mass is 398 g/mol. The van der Waals surface area contributed by atoms with E-state index in [2.05, 4.69) is 5.32 Å². The van der Waals surface area contributed by atoms with Gasteiger partial charge in [-0.3, -0.25) is 9.59 Å². The number of anilines is 1. The molecule has 1 aliphatic heterocycles. The van der Waals surface area contributed by atoms with E-state index < -0.39 is 27.9 Å². The summed E-state index contributed by atoms with van der Waals surface area (Å²) in [5.41, 5.74) is 0.274. The highest BCUT2D eigenvalue weighted by Gasteiger charge is 2.45. The van der Waals surface area contributed by atoms with Gasteiger partial charge in [-0.15, -0.1) is 0 Å². The van der Waals surface area contributed by atoms with Gasteiger partial charge in [-0.05, 0) is 31.2 Å². The zero-order valence-electron chi connectivity index (χ0n) is 12.9. The third-order valence-corrected chi connectivity index (χ3v) is 6.53. The highest BCUT2D eigenvalue weighted by Crippen LogP contribution is 2.33. The molecule has 0 aromatic heterocycles. The summed E-state index contributed by atoms with van der Waals surface area (Å²) in [6, 6.07) is 9.22. The molecule has 0 saturated heterocycles. The van der Waals surface area contributed by atoms with Crippen molar-refractivity contribution in [1.29, 1.82) is 0 Å². The Hall–Kier alpha value is -2.09. The number of carbonyl (C=O) groups excluding carboxylic acids is 2. The number of halogens is 2. The lowest BCUT2D eigenvalue weighted by atomic mass is 10.2. The lowest BCUT2D eigenvalue weighted by molar-refractivity contribution is -0.118. The molecule has 0 spiro atoms. The second-order valence-corrected chi connectivity index (χ2v) is 7.94. The quantitative estimate of drug-likeness (QED) is 0.860. The first kappa shape index (κ1) is 17.7. The van der Waals surface area contributed by atoms with Crippen LogP contribution in [-0.2, 0) is 14.8 Å². The molecule has 0 fully saturated rings. The van der Waals surface area contributed by atoms with Crippen LogP contribution < -0.4 is 5.32 Å². The molecule has 2 aromatic carbocycles. The van der Waals surface area contributed by atoms with E-state index in [0.29, 0.717) is 4.31 Å². The van der Waals surface area contributed by atoms with Crippen LogP contribution in [0, 0.1) is 0 Å². The fourth-order valence-corrected chi connectivity index (χ4v) is 4.60. The number of fused-ring (bicyclic) bond motifs is 1. The Bertz CT molecular complexity index is 991. The van der Waals surface area contributed by atoms with Gasteiger partial charge in [-0.25, -0.2) is 12.7 Å². The molecule has 0 saturated carbocycles. The molecule has 0 bridgehead atoms. The minimum atomic E-state index is -4.09. The van der Waals surface area contributed by atoms with Gasteiger partial charge >= 0.3 is 0 Å². The van der Waals surface area contributed by atoms with E-state index >= 15 is 0 Å². The summed E-state index contributed by atoms with van der Waals surface area (Å²) in [6.07, 6.45) is 0. The number of benzene rings is 2. The predicted molar refractivity (Wildman–Crippen MR) is 94.4 cm³/mol. The summed E-state index contributed by atoms with van der Waals surface area (Å²) >= 11 is 11.9. The highest BCUT2D eigenvalue weighted by molar-refractivity contribution is 7.90. The van der Waals surface area contributed by atoms with Gasteiger partial charge in [0.2, 0.25) is 5.91 Å². The van der Waals surface area contributed by atoms with Gasteiger partial charge in [-0.1, -0.05) is 41.4 Å². The Morgan fingerprint density at radius 1 is 1.12 bits per heavy atom. The minimum absolute atomic E-state index is 0.0444. The molecule has 130 valence electrons. The topological polar surface area (TPSA) is 83.6 Å². The molecule has 1 atom stereocenters. The fraction of sp³-hybridized carbons (Fsp3) is 0.125. The Morgan fingerprint density at radius 3 is 2.48 bits per heavy atom. The Kier molecular flexibility index (Phi) is 4.49. The Labute approximate surface area is 154 Å². The van der Waals surface area contributed by atoms with Crippen molar-refractivity contribution in [3.8, 4) is 0 Å². The van der Waals surface area contributed by atoms with Gasteiger partial charge in [0, 0.05) is 0 Å². The van der Waals surface area contributed by atoms with Crippen molar-refractivity contribution in [2.24, 2.45) is 0 Å². The van der Waals surface area contributed by atoms with Crippen molar-refractivity contribution < 1.29 is 18.0 Å². The average Bonchev–Trinajstić information content (AvgIpc) is 2.78. The maximum absolute atomic E-state index is 12.6. The summed E-state index contributed by atoms with van der Waals surface area (Å²) < 4.78 is 25.8. The summed E-state index contributed by atoms with van der Waals surface area (Å²) in [5.74, 6) is -1.44. The SMILES string of the molecule is C[C@H](C(=O)Nc1cccc(Cl)c1Cl)N1C(=O)c2ccccc2S1(=O)=O. The molecule has 0 radical (unpaired) electrons. The normalized spacial score (nSPS) is 16.4. The van der Waals surface area contributed by atoms with Crippen LogP contribution in [0.1, 0.15) is 17.3 Å². The molecule has 1 aliphatic rings. The molecule has 1 N–H and O–H groups in total. The zero-order chi connectivity index (χ0) is 18.4. The number of hydrogen-bond acceptors (Lipinski definition) is 4. The number of hydrogen-bond donors (Lipinski definition) is 1. The van der Waals surface area contributed by atoms with Crippen molar-refractivity contribution in [2.75, 3.05) is 5.32 Å². The molecule has 0 unspecified atom stereocenters. The first-order valence-electron chi connectivity index (χ1n) is 7.18. The van der Waals surface area contributed by atoms with Crippen LogP contribution >= 0.6 is 23.2 Å². The second kappa shape index (κ2) is 6.33. The summed E-state index contributed by atoms with van der Waals surface area (Å²) in [7, 11) is -4.09. The van der Waals surface area contributed by atoms with E-state index in [1.807, 2.05) is 0 Å². The lowest BCUT2D eigenvalue weighted by Crippen LogP contribution is -2.45. The molecular weight excluding hydrogens is 387 g/mol. The van der Waals surface area contributed by atoms with Crippen LogP contribution in [0.5, 0.6) is 0 Å². The van der Waals surface area contributed by atoms with Crippen molar-refractivity contribution in [3.63, 3.8) is 0 Å². The van der Waals surface area contributed by atoms with Gasteiger partial charge in [-0.2, -0.15) is 0 Å². The first-order chi connectivity index (χ1) is 11.7. The van der Waals surface area contributed by atoms with Gasteiger partial charge in [0.25, 0.3) is 15.9 Å². The third-order valence-electron chi connectivity index (χ3n) is 3.80. The number of rotatable bonds is 3. The van der Waals surface area contributed by atoms with Crippen molar-refractivity contribution >= 4 is 50.7 Å². The smallest absolute Gasteiger partial charge is 0.269 e. The summed E-state index contributed by atoms with van der Waals surface area (Å²) in [6.45, 7) is 1.33. The molecule has 2 aromatic rings. The Morgan fingerprint density at radius 2 is 1.80 bits per heavy atom. The van der Waals surface area contributed by atoms with Crippen LogP contribution in [0.4, 0.5) is 5.69 Å². The van der Waals surface area contributed by atoms with Crippen LogP contribution in [-0.4, -0.2) is 30.6 Å². The zero-order valence-corrected chi connectivity index (χ0v) is 15.2. The van der Waals surface area contributed by atoms with Crippen molar-refractivity contribution in [1.82, 2.24) is 4.31 Å². The van der Waals surface area contributed by atoms with Crippen LogP contribution in [0.2, 0.25) is 10.0 Å². The van der Waals surface area contributed by atoms with Crippen LogP contribution in [0.3, 0.4) is 0 Å². The Balaban J connectivity index is 1.91. The highest BCUT2D eigenvalue weighted by atomic mass is 35.5. The number of nitrogens with zero attached hydrogens (tertiary/aromatic N) is 1. The molecule has 9 heteroatoms. The van der Waals surface area contributed by atoms with E-state index in [1.54, 1.807) is 18.2 Å². The lowest BCUT2D eigenvalue weighted by Gasteiger charge is -2.22. The molecular formula is C16H12Cl2N2O4S. The molecule has 6 nitrogen and oxygen atoms in total. The minimum Gasteiger partial charge on any atom is -0.323 e. The van der Waals surface area contributed by atoms with Crippen LogP contribution in [0.15, 0.2) is 47.4 Å². The van der Waals surface area contributed by atoms with Crippen molar-refractivity contribution in [3.05, 3.63) is 58.1 Å². The van der Waals surface area contributed by atoms with Gasteiger partial charge < -0.3 is 5.32 Å². The fourth-order valence-electron chi connectivity index (χ4n) is 2.53. The standard InChI is InChI=1S/C16H12Cl2N2O4S/c1-9(15(21)19-12-7-4-6-11(17)14(12)18)20-16(22)10-5-2-3-8-13(10)25(20,23)24/h2-9H,1H3,(H,19,21)/t9-/m1/s1. The van der Waals surface area contributed by atoms with E-state index in [1.165, 1.54) is 31.2 Å². The average molecular weight is 399 g/mol. The van der Waals surface area contributed by atoms with Gasteiger partial charge in [0.1, 0.15) is 10.9 Å². The number of nitrogens with one attached hydrogen (secondary N) is 1. The summed E-state index contributed by atoms with van der Waals surface area (Å²) in [4.78, 5) is 24.8. The maximum Gasteiger partial charge on any atom is 0.269 e. The molecule has 2 amide bonds. The molecule has 3 rings (SSSR count). The molecule has 0 aliphatic carbocycles. The van der Waals surface area contributed by atoms with E-state index in [-0.39, 0.29) is 26.2 Å². The van der Waals surface area contributed by atoms with Crippen LogP contribution in [0.25, 0.3) is 0 Å². The third kappa shape index (κ3) is 2.88. The largest absolute Gasteiger partial charge is 0.323 e. The first-order valence-corrected chi connectivity index (χ1v) is 9.37. The van der Waals surface area contributed by atoms with Crippen molar-refractivity contribution in [2.45, 2.75) is 17.9 Å².